The lowest BCUT2D eigenvalue weighted by Gasteiger charge is -2.32. The Hall–Kier alpha value is -4.27. The number of urea groups is 1. The van der Waals surface area contributed by atoms with Crippen LogP contribution in [0.4, 0.5) is 10.6 Å². The molecule has 11 heteroatoms. The fourth-order valence-corrected chi connectivity index (χ4v) is 3.99. The Labute approximate surface area is 235 Å². The molecule has 1 aromatic heterocycles. The van der Waals surface area contributed by atoms with Crippen LogP contribution in [0, 0.1) is 17.3 Å². The zero-order valence-electron chi connectivity index (χ0n) is 23.5. The van der Waals surface area contributed by atoms with Gasteiger partial charge in [0.25, 0.3) is 0 Å². The molecule has 0 spiro atoms. The summed E-state index contributed by atoms with van der Waals surface area (Å²) in [6.45, 7) is 11.9. The van der Waals surface area contributed by atoms with Gasteiger partial charge in [0.15, 0.2) is 5.82 Å². The average molecular weight is 547 g/mol. The van der Waals surface area contributed by atoms with Crippen molar-refractivity contribution < 1.29 is 14.1 Å². The second kappa shape index (κ2) is 13.2. The van der Waals surface area contributed by atoms with Gasteiger partial charge in [-0.25, -0.2) is 4.79 Å². The number of hydrogen-bond donors (Lipinski definition) is 5. The van der Waals surface area contributed by atoms with E-state index in [1.54, 1.807) is 18.3 Å². The van der Waals surface area contributed by atoms with E-state index in [9.17, 15) is 4.79 Å². The van der Waals surface area contributed by atoms with Gasteiger partial charge in [0.2, 0.25) is 0 Å². The number of hydrogen-bond acceptors (Lipinski definition) is 9. The number of benzene rings is 1. The van der Waals surface area contributed by atoms with Crippen LogP contribution < -0.4 is 26.0 Å². The van der Waals surface area contributed by atoms with E-state index in [4.69, 9.17) is 14.7 Å². The van der Waals surface area contributed by atoms with Crippen LogP contribution in [-0.4, -0.2) is 79.7 Å². The summed E-state index contributed by atoms with van der Waals surface area (Å²) in [5.74, 6) is 8.40. The van der Waals surface area contributed by atoms with Crippen molar-refractivity contribution in [3.63, 3.8) is 0 Å². The predicted molar refractivity (Wildman–Crippen MR) is 155 cm³/mol. The summed E-state index contributed by atoms with van der Waals surface area (Å²) in [6, 6.07) is 8.89. The lowest BCUT2D eigenvalue weighted by molar-refractivity contribution is 0.134. The molecule has 1 saturated heterocycles. The Kier molecular flexibility index (Phi) is 9.47. The van der Waals surface area contributed by atoms with Crippen molar-refractivity contribution in [2.24, 2.45) is 0 Å². The molecule has 3 heterocycles. The number of amides is 2. The van der Waals surface area contributed by atoms with E-state index >= 15 is 0 Å². The van der Waals surface area contributed by atoms with E-state index in [0.29, 0.717) is 29.6 Å². The van der Waals surface area contributed by atoms with Gasteiger partial charge in [-0.3, -0.25) is 15.5 Å². The molecule has 40 heavy (non-hydrogen) atoms. The van der Waals surface area contributed by atoms with E-state index in [-0.39, 0.29) is 11.6 Å². The van der Waals surface area contributed by atoms with Crippen LogP contribution in [0.3, 0.4) is 0 Å². The third kappa shape index (κ3) is 8.62. The molecular formula is C29H38N8O3. The second-order valence-electron chi connectivity index (χ2n) is 10.8. The third-order valence-electron chi connectivity index (χ3n) is 6.44. The fraction of sp³-hybridized carbons (Fsp3) is 0.414. The summed E-state index contributed by atoms with van der Waals surface area (Å²) in [6.07, 6.45) is 4.27. The number of likely N-dealkylation sites (N-methyl/N-ethyl adjacent to an activating group) is 1. The fourth-order valence-electron chi connectivity index (χ4n) is 3.99. The third-order valence-corrected chi connectivity index (χ3v) is 6.44. The number of aromatic nitrogens is 1. The van der Waals surface area contributed by atoms with Crippen LogP contribution >= 0.6 is 0 Å². The minimum atomic E-state index is -0.460. The van der Waals surface area contributed by atoms with Crippen molar-refractivity contribution in [3.05, 3.63) is 65.3 Å². The Morgan fingerprint density at radius 1 is 1.23 bits per heavy atom. The molecule has 0 aliphatic carbocycles. The van der Waals surface area contributed by atoms with Gasteiger partial charge >= 0.3 is 6.03 Å². The maximum atomic E-state index is 12.3. The second-order valence-corrected chi connectivity index (χ2v) is 10.8. The zero-order valence-corrected chi connectivity index (χ0v) is 23.5. The van der Waals surface area contributed by atoms with Crippen molar-refractivity contribution in [1.82, 2.24) is 30.9 Å². The summed E-state index contributed by atoms with van der Waals surface area (Å²) in [7, 11) is 2.15. The van der Waals surface area contributed by atoms with Crippen LogP contribution in [0.25, 0.3) is 0 Å². The van der Waals surface area contributed by atoms with Crippen molar-refractivity contribution in [2.45, 2.75) is 32.4 Å². The van der Waals surface area contributed by atoms with Crippen molar-refractivity contribution in [3.8, 4) is 17.6 Å². The molecular weight excluding hydrogens is 508 g/mol. The molecule has 0 saturated carbocycles. The molecule has 4 rings (SSSR count). The van der Waals surface area contributed by atoms with Crippen molar-refractivity contribution in [2.75, 3.05) is 51.7 Å². The zero-order chi connectivity index (χ0) is 28.5. The first-order valence-electron chi connectivity index (χ1n) is 13.3. The highest BCUT2D eigenvalue weighted by Gasteiger charge is 2.21. The van der Waals surface area contributed by atoms with E-state index in [1.807, 2.05) is 45.0 Å². The lowest BCUT2D eigenvalue weighted by atomic mass is 9.93. The van der Waals surface area contributed by atoms with Gasteiger partial charge < -0.3 is 30.2 Å². The Balaban J connectivity index is 1.21. The molecule has 1 unspecified atom stereocenters. The first-order valence-corrected chi connectivity index (χ1v) is 13.3. The number of piperazine rings is 1. The van der Waals surface area contributed by atoms with Crippen LogP contribution in [0.15, 0.2) is 58.5 Å². The van der Waals surface area contributed by atoms with Gasteiger partial charge in [0, 0.05) is 67.8 Å². The number of rotatable bonds is 8. The lowest BCUT2D eigenvalue weighted by Crippen LogP contribution is -2.45. The SMILES string of the molecule is CN1CCN(CCOc2ccc(C#C/C(C=N)=C/C3NC=C(NC(=O)Nc4cc(C(C)(C)C)on4)N3)cc2)CC1. The average Bonchev–Trinajstić information content (AvgIpc) is 3.58. The first kappa shape index (κ1) is 28.7. The summed E-state index contributed by atoms with van der Waals surface area (Å²) >= 11 is 0. The van der Waals surface area contributed by atoms with E-state index in [2.05, 4.69) is 55.1 Å². The van der Waals surface area contributed by atoms with Crippen LogP contribution in [0.2, 0.25) is 0 Å². The van der Waals surface area contributed by atoms with Gasteiger partial charge in [-0.15, -0.1) is 0 Å². The van der Waals surface area contributed by atoms with E-state index in [1.165, 1.54) is 6.21 Å². The highest BCUT2D eigenvalue weighted by molar-refractivity contribution is 5.89. The van der Waals surface area contributed by atoms with Crippen LogP contribution in [-0.2, 0) is 5.41 Å². The van der Waals surface area contributed by atoms with E-state index in [0.717, 1.165) is 44.0 Å². The number of nitrogens with one attached hydrogen (secondary N) is 5. The maximum absolute atomic E-state index is 12.3. The number of allylic oxidation sites excluding steroid dienone is 1. The minimum absolute atomic E-state index is 0.208. The number of ether oxygens (including phenoxy) is 1. The smallest absolute Gasteiger partial charge is 0.326 e. The molecule has 2 aliphatic heterocycles. The van der Waals surface area contributed by atoms with E-state index < -0.39 is 6.03 Å². The van der Waals surface area contributed by atoms with Gasteiger partial charge in [-0.1, -0.05) is 37.8 Å². The first-order chi connectivity index (χ1) is 19.2. The van der Waals surface area contributed by atoms with Crippen molar-refractivity contribution >= 4 is 18.1 Å². The molecule has 1 aromatic carbocycles. The Morgan fingerprint density at radius 2 is 1.98 bits per heavy atom. The summed E-state index contributed by atoms with van der Waals surface area (Å²) < 4.78 is 11.2. The molecule has 1 atom stereocenters. The van der Waals surface area contributed by atoms with Crippen LogP contribution in [0.5, 0.6) is 5.75 Å². The maximum Gasteiger partial charge on any atom is 0.326 e. The standard InChI is InChI=1S/C29H38N8O3/c1-29(2,3)24-18-26(35-40-24)33-28(38)34-27-20-31-25(32-27)17-22(19-30)6-5-21-7-9-23(10-8-21)39-16-15-37-13-11-36(4)12-14-37/h7-10,17-20,25,30-32H,11-16H2,1-4H3,(H2,33,34,35,38)/b22-17-,30-19?. The Morgan fingerprint density at radius 3 is 2.65 bits per heavy atom. The van der Waals surface area contributed by atoms with Gasteiger partial charge in [0.1, 0.15) is 30.1 Å². The quantitative estimate of drug-likeness (QED) is 0.252. The highest BCUT2D eigenvalue weighted by Crippen LogP contribution is 2.24. The molecule has 2 aromatic rings. The monoisotopic (exact) mass is 546 g/mol. The molecule has 0 bridgehead atoms. The molecule has 0 radical (unpaired) electrons. The highest BCUT2D eigenvalue weighted by atomic mass is 16.5. The Bertz CT molecular complexity index is 1290. The van der Waals surface area contributed by atoms with Crippen LogP contribution in [0.1, 0.15) is 32.1 Å². The summed E-state index contributed by atoms with van der Waals surface area (Å²) in [5.41, 5.74) is 1.14. The number of carbonyl (C=O) groups excluding carboxylic acids is 1. The molecule has 2 amide bonds. The molecule has 1 fully saturated rings. The van der Waals surface area contributed by atoms with Gasteiger partial charge in [0.05, 0.1) is 0 Å². The predicted octanol–water partition coefficient (Wildman–Crippen LogP) is 2.67. The van der Waals surface area contributed by atoms with Gasteiger partial charge in [-0.2, -0.15) is 0 Å². The summed E-state index contributed by atoms with van der Waals surface area (Å²) in [5, 5.41) is 23.2. The normalized spacial score (nSPS) is 18.1. The molecule has 11 nitrogen and oxygen atoms in total. The van der Waals surface area contributed by atoms with Gasteiger partial charge in [-0.05, 0) is 37.4 Å². The number of anilines is 1. The summed E-state index contributed by atoms with van der Waals surface area (Å²) in [4.78, 5) is 17.1. The molecule has 5 N–H and O–H groups in total. The number of carbonyl (C=O) groups is 1. The molecule has 212 valence electrons. The number of nitrogens with zero attached hydrogens (tertiary/aromatic N) is 3. The minimum Gasteiger partial charge on any atom is -0.492 e. The van der Waals surface area contributed by atoms with Crippen molar-refractivity contribution in [1.29, 1.82) is 5.41 Å². The topological polar surface area (TPSA) is 131 Å². The largest absolute Gasteiger partial charge is 0.492 e. The molecule has 2 aliphatic rings.